The Kier molecular flexibility index (Phi) is 2.81. The molecule has 0 heterocycles. The molecular weight excluding hydrogens is 184 g/mol. The van der Waals surface area contributed by atoms with Gasteiger partial charge in [-0.15, -0.1) is 0 Å². The Balaban J connectivity index is 2.39. The summed E-state index contributed by atoms with van der Waals surface area (Å²) in [6, 6.07) is 8.45. The van der Waals surface area contributed by atoms with E-state index in [1.165, 1.54) is 24.0 Å². The van der Waals surface area contributed by atoms with Gasteiger partial charge in [-0.25, -0.2) is 0 Å². The Bertz CT molecular complexity index is 348. The molecule has 2 nitrogen and oxygen atoms in total. The van der Waals surface area contributed by atoms with Crippen molar-refractivity contribution in [3.05, 3.63) is 35.4 Å². The molecule has 0 aromatic heterocycles. The predicted octanol–water partition coefficient (Wildman–Crippen LogP) is 2.05. The van der Waals surface area contributed by atoms with E-state index in [-0.39, 0.29) is 11.6 Å². The summed E-state index contributed by atoms with van der Waals surface area (Å²) in [5.41, 5.74) is 14.9. The van der Waals surface area contributed by atoms with E-state index in [2.05, 4.69) is 31.2 Å². The fraction of sp³-hybridized carbons (Fsp3) is 0.538. The van der Waals surface area contributed by atoms with Gasteiger partial charge in [-0.05, 0) is 30.9 Å². The van der Waals surface area contributed by atoms with Crippen molar-refractivity contribution in [2.24, 2.45) is 11.5 Å². The number of hydrogen-bond donors (Lipinski definition) is 2. The average molecular weight is 204 g/mol. The standard InChI is InChI=1S/C13H20N2/c1-10-6-2-3-7-11(10)13(15)9-5-4-8-12(13)14/h2-3,6-7,12H,4-5,8-9,14-15H2,1H3. The van der Waals surface area contributed by atoms with E-state index in [0.717, 1.165) is 12.8 Å². The van der Waals surface area contributed by atoms with E-state index in [4.69, 9.17) is 11.5 Å². The fourth-order valence-electron chi connectivity index (χ4n) is 2.65. The Morgan fingerprint density at radius 2 is 2.00 bits per heavy atom. The molecule has 1 aliphatic rings. The third-order valence-electron chi connectivity index (χ3n) is 3.66. The first-order chi connectivity index (χ1) is 7.14. The van der Waals surface area contributed by atoms with Crippen LogP contribution in [0, 0.1) is 6.92 Å². The van der Waals surface area contributed by atoms with Crippen molar-refractivity contribution in [2.45, 2.75) is 44.2 Å². The molecule has 4 N–H and O–H groups in total. The van der Waals surface area contributed by atoms with Crippen molar-refractivity contribution < 1.29 is 0 Å². The minimum Gasteiger partial charge on any atom is -0.326 e. The summed E-state index contributed by atoms with van der Waals surface area (Å²) in [6.45, 7) is 2.12. The molecule has 2 rings (SSSR count). The van der Waals surface area contributed by atoms with Crippen LogP contribution in [0.5, 0.6) is 0 Å². The molecular formula is C13H20N2. The summed E-state index contributed by atoms with van der Waals surface area (Å²) in [6.07, 6.45) is 4.47. The zero-order valence-electron chi connectivity index (χ0n) is 9.37. The van der Waals surface area contributed by atoms with E-state index in [9.17, 15) is 0 Å². The van der Waals surface area contributed by atoms with Gasteiger partial charge < -0.3 is 11.5 Å². The molecule has 1 fully saturated rings. The lowest BCUT2D eigenvalue weighted by atomic mass is 9.73. The van der Waals surface area contributed by atoms with Crippen LogP contribution >= 0.6 is 0 Å². The summed E-state index contributed by atoms with van der Waals surface area (Å²) in [4.78, 5) is 0. The van der Waals surface area contributed by atoms with Gasteiger partial charge >= 0.3 is 0 Å². The molecule has 1 aromatic carbocycles. The lowest BCUT2D eigenvalue weighted by Gasteiger charge is -2.40. The van der Waals surface area contributed by atoms with E-state index >= 15 is 0 Å². The summed E-state index contributed by atoms with van der Waals surface area (Å²) < 4.78 is 0. The highest BCUT2D eigenvalue weighted by molar-refractivity contribution is 5.34. The third-order valence-corrected chi connectivity index (χ3v) is 3.66. The largest absolute Gasteiger partial charge is 0.326 e. The van der Waals surface area contributed by atoms with Crippen LogP contribution in [0.1, 0.15) is 36.8 Å². The summed E-state index contributed by atoms with van der Waals surface area (Å²) in [5, 5.41) is 0. The van der Waals surface area contributed by atoms with Gasteiger partial charge in [-0.1, -0.05) is 37.1 Å². The summed E-state index contributed by atoms with van der Waals surface area (Å²) in [5.74, 6) is 0. The molecule has 0 aliphatic heterocycles. The van der Waals surface area contributed by atoms with Crippen molar-refractivity contribution in [2.75, 3.05) is 0 Å². The zero-order valence-corrected chi connectivity index (χ0v) is 9.37. The second kappa shape index (κ2) is 3.95. The van der Waals surface area contributed by atoms with Gasteiger partial charge in [0.05, 0.1) is 5.54 Å². The first kappa shape index (κ1) is 10.7. The summed E-state index contributed by atoms with van der Waals surface area (Å²) in [7, 11) is 0. The minimum absolute atomic E-state index is 0.104. The number of hydrogen-bond acceptors (Lipinski definition) is 2. The SMILES string of the molecule is Cc1ccccc1C1(N)CCCCC1N. The van der Waals surface area contributed by atoms with E-state index in [1.54, 1.807) is 0 Å². The third kappa shape index (κ3) is 1.80. The van der Waals surface area contributed by atoms with Gasteiger partial charge in [0.15, 0.2) is 0 Å². The van der Waals surface area contributed by atoms with Crippen molar-refractivity contribution in [1.82, 2.24) is 0 Å². The molecule has 15 heavy (non-hydrogen) atoms. The molecule has 2 atom stereocenters. The van der Waals surface area contributed by atoms with E-state index in [1.807, 2.05) is 0 Å². The van der Waals surface area contributed by atoms with E-state index in [0.29, 0.717) is 0 Å². The molecule has 0 spiro atoms. The first-order valence-electron chi connectivity index (χ1n) is 5.75. The molecule has 0 amide bonds. The van der Waals surface area contributed by atoms with E-state index < -0.39 is 0 Å². The second-order valence-corrected chi connectivity index (χ2v) is 4.71. The minimum atomic E-state index is -0.302. The monoisotopic (exact) mass is 204 g/mol. The maximum absolute atomic E-state index is 6.50. The van der Waals surface area contributed by atoms with Crippen LogP contribution in [0.4, 0.5) is 0 Å². The van der Waals surface area contributed by atoms with Crippen molar-refractivity contribution in [3.63, 3.8) is 0 Å². The van der Waals surface area contributed by atoms with Crippen molar-refractivity contribution in [3.8, 4) is 0 Å². The Morgan fingerprint density at radius 3 is 2.67 bits per heavy atom. The van der Waals surface area contributed by atoms with Gasteiger partial charge in [0.25, 0.3) is 0 Å². The number of aryl methyl sites for hydroxylation is 1. The maximum Gasteiger partial charge on any atom is 0.0565 e. The van der Waals surface area contributed by atoms with Crippen LogP contribution in [-0.4, -0.2) is 6.04 Å². The second-order valence-electron chi connectivity index (χ2n) is 4.71. The molecule has 1 aromatic rings. The normalized spacial score (nSPS) is 31.5. The van der Waals surface area contributed by atoms with Crippen LogP contribution in [0.3, 0.4) is 0 Å². The van der Waals surface area contributed by atoms with Crippen LogP contribution in [-0.2, 0) is 5.54 Å². The highest BCUT2D eigenvalue weighted by atomic mass is 14.9. The highest BCUT2D eigenvalue weighted by Gasteiger charge is 2.37. The van der Waals surface area contributed by atoms with Crippen LogP contribution in [0.2, 0.25) is 0 Å². The Morgan fingerprint density at radius 1 is 1.27 bits per heavy atom. The van der Waals surface area contributed by atoms with Crippen LogP contribution < -0.4 is 11.5 Å². The van der Waals surface area contributed by atoms with Gasteiger partial charge in [-0.2, -0.15) is 0 Å². The number of rotatable bonds is 1. The van der Waals surface area contributed by atoms with Crippen molar-refractivity contribution in [1.29, 1.82) is 0 Å². The predicted molar refractivity (Wildman–Crippen MR) is 63.5 cm³/mol. The lowest BCUT2D eigenvalue weighted by Crippen LogP contribution is -2.54. The number of nitrogens with two attached hydrogens (primary N) is 2. The lowest BCUT2D eigenvalue weighted by molar-refractivity contribution is 0.255. The van der Waals surface area contributed by atoms with Gasteiger partial charge in [0.2, 0.25) is 0 Å². The van der Waals surface area contributed by atoms with Gasteiger partial charge in [0, 0.05) is 6.04 Å². The van der Waals surface area contributed by atoms with Crippen LogP contribution in [0.25, 0.3) is 0 Å². The van der Waals surface area contributed by atoms with Gasteiger partial charge in [0.1, 0.15) is 0 Å². The smallest absolute Gasteiger partial charge is 0.0565 e. The number of benzene rings is 1. The molecule has 0 radical (unpaired) electrons. The summed E-state index contributed by atoms with van der Waals surface area (Å²) >= 11 is 0. The molecule has 82 valence electrons. The highest BCUT2D eigenvalue weighted by Crippen LogP contribution is 2.35. The zero-order chi connectivity index (χ0) is 10.9. The molecule has 2 unspecified atom stereocenters. The first-order valence-corrected chi connectivity index (χ1v) is 5.75. The molecule has 0 bridgehead atoms. The molecule has 2 heteroatoms. The molecule has 0 saturated heterocycles. The molecule has 1 saturated carbocycles. The fourth-order valence-corrected chi connectivity index (χ4v) is 2.65. The quantitative estimate of drug-likeness (QED) is 0.735. The van der Waals surface area contributed by atoms with Crippen LogP contribution in [0.15, 0.2) is 24.3 Å². The Labute approximate surface area is 91.7 Å². The molecule has 1 aliphatic carbocycles. The maximum atomic E-state index is 6.50. The topological polar surface area (TPSA) is 52.0 Å². The van der Waals surface area contributed by atoms with Gasteiger partial charge in [-0.3, -0.25) is 0 Å². The van der Waals surface area contributed by atoms with Crippen molar-refractivity contribution >= 4 is 0 Å². The average Bonchev–Trinajstić information content (AvgIpc) is 2.23. The Hall–Kier alpha value is -0.860.